The van der Waals surface area contributed by atoms with E-state index in [2.05, 4.69) is 10.3 Å². The van der Waals surface area contributed by atoms with Gasteiger partial charge in [-0.05, 0) is 47.5 Å². The molecule has 7 nitrogen and oxygen atoms in total. The van der Waals surface area contributed by atoms with Crippen LogP contribution < -0.4 is 20.3 Å². The number of pyridine rings is 1. The van der Waals surface area contributed by atoms with Crippen molar-refractivity contribution in [3.8, 4) is 11.5 Å². The molecule has 0 unspecified atom stereocenters. The molecular weight excluding hydrogens is 430 g/mol. The van der Waals surface area contributed by atoms with Crippen molar-refractivity contribution in [2.45, 2.75) is 19.6 Å². The molecule has 1 heterocycles. The van der Waals surface area contributed by atoms with Crippen LogP contribution in [0.25, 0.3) is 10.9 Å². The van der Waals surface area contributed by atoms with Crippen LogP contribution in [0.1, 0.15) is 16.7 Å². The minimum atomic E-state index is -0.259. The lowest BCUT2D eigenvalue weighted by molar-refractivity contribution is 0.191. The van der Waals surface area contributed by atoms with Crippen LogP contribution in [0.3, 0.4) is 0 Å². The number of methoxy groups -OCH3 is 2. The number of aromatic nitrogens is 1. The van der Waals surface area contributed by atoms with E-state index < -0.39 is 0 Å². The summed E-state index contributed by atoms with van der Waals surface area (Å²) in [6.45, 7) is 0.874. The molecule has 7 heteroatoms. The van der Waals surface area contributed by atoms with E-state index in [-0.39, 0.29) is 18.1 Å². The van der Waals surface area contributed by atoms with Gasteiger partial charge in [0.15, 0.2) is 0 Å². The second-order valence-corrected chi connectivity index (χ2v) is 7.93. The van der Waals surface area contributed by atoms with E-state index in [1.807, 2.05) is 66.7 Å². The van der Waals surface area contributed by atoms with Gasteiger partial charge in [0.05, 0.1) is 20.8 Å². The lowest BCUT2D eigenvalue weighted by Crippen LogP contribution is -2.39. The number of hydrogen-bond acceptors (Lipinski definition) is 4. The van der Waals surface area contributed by atoms with Gasteiger partial charge in [-0.2, -0.15) is 0 Å². The Morgan fingerprint density at radius 3 is 2.26 bits per heavy atom. The largest absolute Gasteiger partial charge is 0.497 e. The Bertz CT molecular complexity index is 1320. The molecule has 0 bridgehead atoms. The van der Waals surface area contributed by atoms with E-state index in [1.54, 1.807) is 31.3 Å². The van der Waals surface area contributed by atoms with Crippen LogP contribution in [0.4, 0.5) is 4.79 Å². The number of nitrogens with zero attached hydrogens (tertiary/aromatic N) is 1. The van der Waals surface area contributed by atoms with Crippen LogP contribution in [0.15, 0.2) is 83.7 Å². The molecule has 0 aliphatic rings. The number of fused-ring (bicyclic) bond motifs is 1. The van der Waals surface area contributed by atoms with Gasteiger partial charge in [-0.1, -0.05) is 42.5 Å². The van der Waals surface area contributed by atoms with E-state index in [0.29, 0.717) is 29.9 Å². The fraction of sp³-hybridized carbons (Fsp3) is 0.185. The Morgan fingerprint density at radius 1 is 0.853 bits per heavy atom. The van der Waals surface area contributed by atoms with Gasteiger partial charge in [0, 0.05) is 29.6 Å². The summed E-state index contributed by atoms with van der Waals surface area (Å²) in [4.78, 5) is 30.5. The second kappa shape index (κ2) is 10.6. The first-order valence-electron chi connectivity index (χ1n) is 11.0. The Kier molecular flexibility index (Phi) is 7.13. The standard InChI is InChI=1S/C27H27N3O4/c1-33-23-10-8-20(9-11-23)17-30(27(32)28-16-19-6-4-3-5-7-19)18-22-14-21-15-24(34-2)12-13-25(21)29-26(22)31/h3-15H,16-18H2,1-2H3,(H,28,32)(H,29,31). The fourth-order valence-corrected chi connectivity index (χ4v) is 3.72. The number of hydrogen-bond donors (Lipinski definition) is 2. The fourth-order valence-electron chi connectivity index (χ4n) is 3.72. The molecule has 4 aromatic rings. The average Bonchev–Trinajstić information content (AvgIpc) is 2.88. The summed E-state index contributed by atoms with van der Waals surface area (Å²) >= 11 is 0. The first-order valence-corrected chi connectivity index (χ1v) is 11.0. The van der Waals surface area contributed by atoms with E-state index in [4.69, 9.17) is 9.47 Å². The van der Waals surface area contributed by atoms with Crippen LogP contribution in [-0.2, 0) is 19.6 Å². The van der Waals surface area contributed by atoms with Crippen molar-refractivity contribution in [1.29, 1.82) is 0 Å². The Morgan fingerprint density at radius 2 is 1.56 bits per heavy atom. The minimum absolute atomic E-state index is 0.148. The molecular formula is C27H27N3O4. The number of urea groups is 1. The highest BCUT2D eigenvalue weighted by atomic mass is 16.5. The molecule has 34 heavy (non-hydrogen) atoms. The first kappa shape index (κ1) is 22.9. The Hall–Kier alpha value is -4.26. The third-order valence-corrected chi connectivity index (χ3v) is 5.60. The molecule has 0 spiro atoms. The summed E-state index contributed by atoms with van der Waals surface area (Å²) in [7, 11) is 3.21. The SMILES string of the molecule is COc1ccc(CN(Cc2cc3cc(OC)ccc3[nH]c2=O)C(=O)NCc2ccccc2)cc1. The predicted octanol–water partition coefficient (Wildman–Crippen LogP) is 4.46. The maximum Gasteiger partial charge on any atom is 0.318 e. The number of nitrogens with one attached hydrogen (secondary N) is 2. The molecule has 0 radical (unpaired) electrons. The van der Waals surface area contributed by atoms with Crippen LogP contribution >= 0.6 is 0 Å². The van der Waals surface area contributed by atoms with Crippen LogP contribution in [0, 0.1) is 0 Å². The van der Waals surface area contributed by atoms with Crippen molar-refractivity contribution < 1.29 is 14.3 Å². The molecule has 0 atom stereocenters. The third-order valence-electron chi connectivity index (χ3n) is 5.60. The van der Waals surface area contributed by atoms with Crippen molar-refractivity contribution in [1.82, 2.24) is 15.2 Å². The number of rotatable bonds is 8. The molecule has 0 fully saturated rings. The second-order valence-electron chi connectivity index (χ2n) is 7.93. The summed E-state index contributed by atoms with van der Waals surface area (Å²) in [5, 5.41) is 3.80. The van der Waals surface area contributed by atoms with Gasteiger partial charge in [-0.25, -0.2) is 4.79 Å². The normalized spacial score (nSPS) is 10.6. The molecule has 4 rings (SSSR count). The summed E-state index contributed by atoms with van der Waals surface area (Å²) in [5.74, 6) is 1.44. The van der Waals surface area contributed by atoms with E-state index in [0.717, 1.165) is 22.3 Å². The van der Waals surface area contributed by atoms with Crippen molar-refractivity contribution in [2.75, 3.05) is 14.2 Å². The Labute approximate surface area is 197 Å². The highest BCUT2D eigenvalue weighted by Crippen LogP contribution is 2.20. The van der Waals surface area contributed by atoms with Gasteiger partial charge in [-0.15, -0.1) is 0 Å². The molecule has 0 aliphatic carbocycles. The Balaban J connectivity index is 1.60. The molecule has 0 saturated carbocycles. The summed E-state index contributed by atoms with van der Waals surface area (Å²) < 4.78 is 10.5. The van der Waals surface area contributed by atoms with E-state index >= 15 is 0 Å². The molecule has 2 amide bonds. The monoisotopic (exact) mass is 457 g/mol. The van der Waals surface area contributed by atoms with Gasteiger partial charge in [-0.3, -0.25) is 4.79 Å². The van der Waals surface area contributed by atoms with Crippen LogP contribution in [-0.4, -0.2) is 30.1 Å². The number of ether oxygens (including phenoxy) is 2. The lowest BCUT2D eigenvalue weighted by atomic mass is 10.1. The molecule has 1 aromatic heterocycles. The number of amides is 2. The lowest BCUT2D eigenvalue weighted by Gasteiger charge is -2.23. The highest BCUT2D eigenvalue weighted by molar-refractivity contribution is 5.81. The zero-order valence-corrected chi connectivity index (χ0v) is 19.2. The number of H-pyrrole nitrogens is 1. The van der Waals surface area contributed by atoms with Gasteiger partial charge in [0.25, 0.3) is 5.56 Å². The topological polar surface area (TPSA) is 83.7 Å². The maximum atomic E-state index is 13.2. The van der Waals surface area contributed by atoms with Crippen molar-refractivity contribution in [2.24, 2.45) is 0 Å². The van der Waals surface area contributed by atoms with Crippen molar-refractivity contribution >= 4 is 16.9 Å². The zero-order valence-electron chi connectivity index (χ0n) is 19.2. The number of aromatic amines is 1. The third kappa shape index (κ3) is 5.56. The highest BCUT2D eigenvalue weighted by Gasteiger charge is 2.17. The van der Waals surface area contributed by atoms with E-state index in [1.165, 1.54) is 0 Å². The quantitative estimate of drug-likeness (QED) is 0.409. The minimum Gasteiger partial charge on any atom is -0.497 e. The van der Waals surface area contributed by atoms with Crippen LogP contribution in [0.2, 0.25) is 0 Å². The number of carbonyl (C=O) groups is 1. The zero-order chi connectivity index (χ0) is 23.9. The van der Waals surface area contributed by atoms with Gasteiger partial charge in [0.2, 0.25) is 0 Å². The smallest absolute Gasteiger partial charge is 0.318 e. The summed E-state index contributed by atoms with van der Waals surface area (Å²) in [6.07, 6.45) is 0. The van der Waals surface area contributed by atoms with Crippen molar-refractivity contribution in [3.05, 3.63) is 106 Å². The molecule has 0 aliphatic heterocycles. The average molecular weight is 458 g/mol. The van der Waals surface area contributed by atoms with Gasteiger partial charge < -0.3 is 24.7 Å². The molecule has 3 aromatic carbocycles. The van der Waals surface area contributed by atoms with Crippen molar-refractivity contribution in [3.63, 3.8) is 0 Å². The predicted molar refractivity (Wildman–Crippen MR) is 132 cm³/mol. The van der Waals surface area contributed by atoms with Gasteiger partial charge >= 0.3 is 6.03 Å². The van der Waals surface area contributed by atoms with E-state index in [9.17, 15) is 9.59 Å². The van der Waals surface area contributed by atoms with Gasteiger partial charge in [0.1, 0.15) is 11.5 Å². The first-order chi connectivity index (χ1) is 16.6. The molecule has 2 N–H and O–H groups in total. The molecule has 174 valence electrons. The summed E-state index contributed by atoms with van der Waals surface area (Å²) in [5.41, 5.74) is 2.90. The van der Waals surface area contributed by atoms with Crippen LogP contribution in [0.5, 0.6) is 11.5 Å². The molecule has 0 saturated heterocycles. The summed E-state index contributed by atoms with van der Waals surface area (Å²) in [6, 6.07) is 24.2. The number of benzene rings is 3. The number of carbonyl (C=O) groups excluding carboxylic acids is 1. The maximum absolute atomic E-state index is 13.2.